The molecule has 8 nitrogen and oxygen atoms in total. The van der Waals surface area contributed by atoms with Crippen molar-refractivity contribution in [2.75, 3.05) is 0 Å². The minimum absolute atomic E-state index is 0.0238. The van der Waals surface area contributed by atoms with Crippen LogP contribution in [0.5, 0.6) is 46.0 Å². The standard InChI is InChI=1S/C34H28O8/c1-17-10-24-23-8-6-22(37)16-30(23)41-34(26-9-7-21(36)15-28(26)39)33(24)25(11-17)32-29(40)12-18(13-31(32)42-34)2-3-19-4-5-20(35)14-27(19)38/h2-9,11-16,24-25,33,35-40H,10H2,1H3/b3-2+. The summed E-state index contributed by atoms with van der Waals surface area (Å²) in [4.78, 5) is 0. The Morgan fingerprint density at radius 3 is 2.17 bits per heavy atom. The van der Waals surface area contributed by atoms with E-state index >= 15 is 0 Å². The number of rotatable bonds is 3. The maximum absolute atomic E-state index is 11.4. The smallest absolute Gasteiger partial charge is 0.285 e. The summed E-state index contributed by atoms with van der Waals surface area (Å²) in [6.07, 6.45) is 6.14. The van der Waals surface area contributed by atoms with E-state index in [9.17, 15) is 30.6 Å². The van der Waals surface area contributed by atoms with Gasteiger partial charge in [-0.25, -0.2) is 0 Å². The summed E-state index contributed by atoms with van der Waals surface area (Å²) in [6.45, 7) is 2.04. The molecule has 0 fully saturated rings. The maximum atomic E-state index is 11.4. The van der Waals surface area contributed by atoms with Crippen molar-refractivity contribution < 1.29 is 40.1 Å². The summed E-state index contributed by atoms with van der Waals surface area (Å²) < 4.78 is 13.4. The van der Waals surface area contributed by atoms with E-state index in [4.69, 9.17) is 9.47 Å². The first-order valence-electron chi connectivity index (χ1n) is 13.6. The molecule has 4 atom stereocenters. The highest BCUT2D eigenvalue weighted by Gasteiger charge is 2.61. The molecule has 0 aromatic heterocycles. The van der Waals surface area contributed by atoms with Crippen molar-refractivity contribution in [2.24, 2.45) is 5.92 Å². The fourth-order valence-electron chi connectivity index (χ4n) is 6.78. The molecule has 0 saturated carbocycles. The van der Waals surface area contributed by atoms with Gasteiger partial charge in [0.05, 0.1) is 11.5 Å². The first kappa shape index (κ1) is 25.7. The van der Waals surface area contributed by atoms with Crippen molar-refractivity contribution in [1.82, 2.24) is 0 Å². The van der Waals surface area contributed by atoms with Crippen LogP contribution in [-0.2, 0) is 5.79 Å². The van der Waals surface area contributed by atoms with Crippen molar-refractivity contribution in [1.29, 1.82) is 0 Å². The van der Waals surface area contributed by atoms with Crippen molar-refractivity contribution in [3.05, 3.63) is 106 Å². The summed E-state index contributed by atoms with van der Waals surface area (Å²) >= 11 is 0. The lowest BCUT2D eigenvalue weighted by Crippen LogP contribution is -2.56. The molecule has 2 aliphatic heterocycles. The highest BCUT2D eigenvalue weighted by atomic mass is 16.7. The lowest BCUT2D eigenvalue weighted by atomic mass is 9.61. The molecule has 6 N–H and O–H groups in total. The fourth-order valence-corrected chi connectivity index (χ4v) is 6.78. The first-order chi connectivity index (χ1) is 20.1. The molecule has 7 rings (SSSR count). The number of hydrogen-bond acceptors (Lipinski definition) is 8. The Kier molecular flexibility index (Phi) is 5.59. The van der Waals surface area contributed by atoms with Crippen LogP contribution >= 0.6 is 0 Å². The molecule has 0 saturated heterocycles. The van der Waals surface area contributed by atoms with Gasteiger partial charge in [-0.15, -0.1) is 0 Å². The van der Waals surface area contributed by atoms with Crippen molar-refractivity contribution in [3.63, 3.8) is 0 Å². The Bertz CT molecular complexity index is 1820. The zero-order valence-electron chi connectivity index (χ0n) is 22.5. The molecule has 3 aliphatic rings. The highest BCUT2D eigenvalue weighted by molar-refractivity contribution is 5.75. The molecular weight excluding hydrogens is 536 g/mol. The summed E-state index contributed by atoms with van der Waals surface area (Å²) in [5.74, 6) is -2.16. The van der Waals surface area contributed by atoms with Gasteiger partial charge in [-0.1, -0.05) is 29.9 Å². The van der Waals surface area contributed by atoms with Gasteiger partial charge in [0, 0.05) is 41.2 Å². The highest BCUT2D eigenvalue weighted by Crippen LogP contribution is 2.65. The normalized spacial score (nSPS) is 23.6. The quantitative estimate of drug-likeness (QED) is 0.121. The van der Waals surface area contributed by atoms with Gasteiger partial charge in [0.15, 0.2) is 0 Å². The Hall–Kier alpha value is -5.24. The number of hydrogen-bond donors (Lipinski definition) is 6. The van der Waals surface area contributed by atoms with Gasteiger partial charge in [0.2, 0.25) is 0 Å². The Labute approximate surface area is 241 Å². The third-order valence-electron chi connectivity index (χ3n) is 8.49. The van der Waals surface area contributed by atoms with Crippen molar-refractivity contribution in [2.45, 2.75) is 31.0 Å². The van der Waals surface area contributed by atoms with Crippen LogP contribution in [0, 0.1) is 5.92 Å². The molecule has 212 valence electrons. The second-order valence-electron chi connectivity index (χ2n) is 11.2. The van der Waals surface area contributed by atoms with Gasteiger partial charge in [-0.2, -0.15) is 0 Å². The zero-order valence-corrected chi connectivity index (χ0v) is 22.5. The number of aromatic hydroxyl groups is 6. The summed E-state index contributed by atoms with van der Waals surface area (Å²) in [5.41, 5.74) is 3.95. The van der Waals surface area contributed by atoms with E-state index in [1.54, 1.807) is 42.5 Å². The van der Waals surface area contributed by atoms with Crippen LogP contribution in [0.2, 0.25) is 0 Å². The number of fused-ring (bicyclic) bond motifs is 4. The largest absolute Gasteiger partial charge is 0.508 e. The van der Waals surface area contributed by atoms with Crippen LogP contribution in [0.25, 0.3) is 12.2 Å². The number of allylic oxidation sites excluding steroid dienone is 2. The molecule has 0 bridgehead atoms. The van der Waals surface area contributed by atoms with E-state index in [2.05, 4.69) is 6.08 Å². The van der Waals surface area contributed by atoms with Crippen LogP contribution in [0.3, 0.4) is 0 Å². The van der Waals surface area contributed by atoms with Gasteiger partial charge < -0.3 is 40.1 Å². The van der Waals surface area contributed by atoms with E-state index in [0.717, 1.165) is 11.1 Å². The molecule has 0 spiro atoms. The number of ether oxygens (including phenoxy) is 2. The molecular formula is C34H28O8. The first-order valence-corrected chi connectivity index (χ1v) is 13.6. The molecule has 2 heterocycles. The molecule has 4 aromatic carbocycles. The van der Waals surface area contributed by atoms with Gasteiger partial charge >= 0.3 is 0 Å². The fraction of sp³-hybridized carbons (Fsp3) is 0.176. The monoisotopic (exact) mass is 564 g/mol. The Morgan fingerprint density at radius 2 is 1.40 bits per heavy atom. The average molecular weight is 565 g/mol. The van der Waals surface area contributed by atoms with Crippen LogP contribution < -0.4 is 9.47 Å². The van der Waals surface area contributed by atoms with Crippen molar-refractivity contribution in [3.8, 4) is 46.0 Å². The predicted molar refractivity (Wildman–Crippen MR) is 155 cm³/mol. The number of phenols is 6. The van der Waals surface area contributed by atoms with Crippen LogP contribution in [-0.4, -0.2) is 30.6 Å². The van der Waals surface area contributed by atoms with E-state index in [1.807, 2.05) is 13.0 Å². The van der Waals surface area contributed by atoms with Gasteiger partial charge in [-0.3, -0.25) is 0 Å². The summed E-state index contributed by atoms with van der Waals surface area (Å²) in [5, 5.41) is 62.8. The summed E-state index contributed by atoms with van der Waals surface area (Å²) in [7, 11) is 0. The van der Waals surface area contributed by atoms with Gasteiger partial charge in [0.1, 0.15) is 46.0 Å². The number of benzene rings is 4. The van der Waals surface area contributed by atoms with Crippen LogP contribution in [0.1, 0.15) is 53.0 Å². The van der Waals surface area contributed by atoms with E-state index in [1.165, 1.54) is 30.3 Å². The number of phenolic OH excluding ortho intramolecular Hbond substituents is 6. The zero-order chi connectivity index (χ0) is 29.3. The molecule has 4 unspecified atom stereocenters. The molecule has 0 radical (unpaired) electrons. The third-order valence-corrected chi connectivity index (χ3v) is 8.49. The molecule has 1 aliphatic carbocycles. The van der Waals surface area contributed by atoms with Gasteiger partial charge in [-0.05, 0) is 66.9 Å². The predicted octanol–water partition coefficient (Wildman–Crippen LogP) is 6.56. The molecule has 4 aromatic rings. The minimum atomic E-state index is -1.57. The maximum Gasteiger partial charge on any atom is 0.285 e. The van der Waals surface area contributed by atoms with E-state index in [0.29, 0.717) is 40.2 Å². The minimum Gasteiger partial charge on any atom is -0.508 e. The molecule has 8 heteroatoms. The lowest BCUT2D eigenvalue weighted by molar-refractivity contribution is -0.198. The second kappa shape index (κ2) is 9.14. The lowest BCUT2D eigenvalue weighted by Gasteiger charge is -2.55. The second-order valence-corrected chi connectivity index (χ2v) is 11.2. The van der Waals surface area contributed by atoms with Crippen LogP contribution in [0.15, 0.2) is 78.4 Å². The third kappa shape index (κ3) is 3.90. The van der Waals surface area contributed by atoms with Crippen molar-refractivity contribution >= 4 is 12.2 Å². The summed E-state index contributed by atoms with van der Waals surface area (Å²) in [6, 6.07) is 16.9. The molecule has 42 heavy (non-hydrogen) atoms. The van der Waals surface area contributed by atoms with E-state index in [-0.39, 0.29) is 46.3 Å². The topological polar surface area (TPSA) is 140 Å². The van der Waals surface area contributed by atoms with E-state index < -0.39 is 11.7 Å². The molecule has 0 amide bonds. The SMILES string of the molecule is CC1=CC2c3c(O)cc(/C=C/c4ccc(O)cc4O)cc3OC3(c4ccc(O)cc4O)Oc4cc(O)ccc4C(C1)C23. The Morgan fingerprint density at radius 1 is 0.714 bits per heavy atom. The van der Waals surface area contributed by atoms with Crippen LogP contribution in [0.4, 0.5) is 0 Å². The van der Waals surface area contributed by atoms with Gasteiger partial charge in [0.25, 0.3) is 5.79 Å². The average Bonchev–Trinajstić information content (AvgIpc) is 2.91. The Balaban J connectivity index is 1.44.